The summed E-state index contributed by atoms with van der Waals surface area (Å²) in [6.07, 6.45) is -1.12. The summed E-state index contributed by atoms with van der Waals surface area (Å²) in [7, 11) is -1.73. The third kappa shape index (κ3) is 5.55. The number of hydrogen-bond donors (Lipinski definition) is 0. The molecule has 0 bridgehead atoms. The van der Waals surface area contributed by atoms with E-state index < -0.39 is 16.1 Å². The molecular formula is C24H24ClNO7S. The fourth-order valence-electron chi connectivity index (χ4n) is 3.09. The van der Waals surface area contributed by atoms with E-state index in [1.54, 1.807) is 24.3 Å². The molecule has 0 saturated heterocycles. The minimum Gasteiger partial charge on any atom is -0.495 e. The number of hydrogen-bond acceptors (Lipinski definition) is 7. The molecule has 0 aromatic heterocycles. The molecule has 180 valence electrons. The van der Waals surface area contributed by atoms with Crippen LogP contribution in [-0.2, 0) is 21.4 Å². The van der Waals surface area contributed by atoms with E-state index in [9.17, 15) is 13.2 Å². The molecule has 8 nitrogen and oxygen atoms in total. The largest absolute Gasteiger partial charge is 0.495 e. The summed E-state index contributed by atoms with van der Waals surface area (Å²) < 4.78 is 49.2. The smallest absolute Gasteiger partial charge is 0.429 e. The monoisotopic (exact) mass is 505 g/mol. The molecule has 0 N–H and O–H groups in total. The summed E-state index contributed by atoms with van der Waals surface area (Å²) in [5, 5.41) is 0.180. The Labute approximate surface area is 203 Å². The van der Waals surface area contributed by atoms with Gasteiger partial charge in [-0.2, -0.15) is 4.31 Å². The average Bonchev–Trinajstić information content (AvgIpc) is 2.84. The predicted octanol–water partition coefficient (Wildman–Crippen LogP) is 5.29. The van der Waals surface area contributed by atoms with Gasteiger partial charge in [0.25, 0.3) is 10.0 Å². The van der Waals surface area contributed by atoms with Crippen molar-refractivity contribution in [2.45, 2.75) is 18.4 Å². The van der Waals surface area contributed by atoms with E-state index in [0.717, 1.165) is 0 Å². The van der Waals surface area contributed by atoms with Crippen molar-refractivity contribution < 1.29 is 32.2 Å². The van der Waals surface area contributed by atoms with Crippen molar-refractivity contribution in [1.29, 1.82) is 0 Å². The van der Waals surface area contributed by atoms with Crippen LogP contribution in [0.2, 0.25) is 5.02 Å². The van der Waals surface area contributed by atoms with Crippen molar-refractivity contribution in [3.05, 3.63) is 77.3 Å². The molecule has 0 spiro atoms. The van der Waals surface area contributed by atoms with Gasteiger partial charge < -0.3 is 18.9 Å². The van der Waals surface area contributed by atoms with Crippen LogP contribution in [0.1, 0.15) is 12.5 Å². The number of methoxy groups -OCH3 is 2. The van der Waals surface area contributed by atoms with Crippen LogP contribution in [0.5, 0.6) is 17.2 Å². The van der Waals surface area contributed by atoms with Crippen LogP contribution < -0.4 is 18.5 Å². The summed E-state index contributed by atoms with van der Waals surface area (Å²) in [5.41, 5.74) is 0.575. The molecule has 0 atom stereocenters. The number of amides is 1. The number of benzene rings is 3. The van der Waals surface area contributed by atoms with Gasteiger partial charge in [-0.1, -0.05) is 41.9 Å². The Morgan fingerprint density at radius 2 is 1.59 bits per heavy atom. The second kappa shape index (κ2) is 11.1. The highest BCUT2D eigenvalue weighted by atomic mass is 35.5. The standard InChI is InChI=1S/C24H24ClNO7S/c1-4-32-18-10-12-19(13-11-18)34(28,29)26(24(27)33-16-17-8-6-5-7-9-17)21-15-22(30-2)20(25)14-23(21)31-3/h5-15H,4,16H2,1-3H3. The van der Waals surface area contributed by atoms with Crippen LogP contribution in [0, 0.1) is 0 Å². The average molecular weight is 506 g/mol. The summed E-state index contributed by atoms with van der Waals surface area (Å²) >= 11 is 6.18. The SMILES string of the molecule is CCOc1ccc(S(=O)(=O)N(C(=O)OCc2ccccc2)c2cc(OC)c(Cl)cc2OC)cc1. The maximum absolute atomic E-state index is 13.7. The minimum atomic E-state index is -4.44. The first-order valence-corrected chi connectivity index (χ1v) is 12.0. The number of sulfonamides is 1. The van der Waals surface area contributed by atoms with E-state index in [0.29, 0.717) is 22.2 Å². The molecular weight excluding hydrogens is 482 g/mol. The molecule has 10 heteroatoms. The number of rotatable bonds is 9. The molecule has 0 radical (unpaired) electrons. The zero-order valence-corrected chi connectivity index (χ0v) is 20.4. The van der Waals surface area contributed by atoms with E-state index in [1.165, 1.54) is 50.6 Å². The topological polar surface area (TPSA) is 91.4 Å². The number of anilines is 1. The fourth-order valence-corrected chi connectivity index (χ4v) is 4.66. The number of halogens is 1. The Morgan fingerprint density at radius 3 is 2.18 bits per heavy atom. The van der Waals surface area contributed by atoms with Gasteiger partial charge in [-0.15, -0.1) is 0 Å². The highest BCUT2D eigenvalue weighted by Gasteiger charge is 2.35. The molecule has 0 fully saturated rings. The highest BCUT2D eigenvalue weighted by Crippen LogP contribution is 2.40. The van der Waals surface area contributed by atoms with E-state index in [2.05, 4.69) is 0 Å². The zero-order chi connectivity index (χ0) is 24.7. The van der Waals surface area contributed by atoms with Gasteiger partial charge in [0, 0.05) is 12.1 Å². The van der Waals surface area contributed by atoms with Crippen molar-refractivity contribution in [3.63, 3.8) is 0 Å². The third-order valence-corrected chi connectivity index (χ3v) is 6.71. The zero-order valence-electron chi connectivity index (χ0n) is 18.9. The lowest BCUT2D eigenvalue weighted by atomic mass is 10.2. The maximum Gasteiger partial charge on any atom is 0.429 e. The van der Waals surface area contributed by atoms with Gasteiger partial charge >= 0.3 is 6.09 Å². The normalized spacial score (nSPS) is 10.9. The van der Waals surface area contributed by atoms with Crippen molar-refractivity contribution in [1.82, 2.24) is 0 Å². The summed E-state index contributed by atoms with van der Waals surface area (Å²) in [5.74, 6) is 0.683. The molecule has 1 amide bonds. The minimum absolute atomic E-state index is 0.0389. The Kier molecular flexibility index (Phi) is 8.25. The van der Waals surface area contributed by atoms with Gasteiger partial charge in [0.15, 0.2) is 0 Å². The van der Waals surface area contributed by atoms with Gasteiger partial charge in [0.2, 0.25) is 0 Å². The molecule has 0 aliphatic carbocycles. The van der Waals surface area contributed by atoms with Gasteiger partial charge in [-0.25, -0.2) is 13.2 Å². The van der Waals surface area contributed by atoms with Crippen LogP contribution >= 0.6 is 11.6 Å². The van der Waals surface area contributed by atoms with Crippen LogP contribution in [0.15, 0.2) is 71.6 Å². The summed E-state index contributed by atoms with van der Waals surface area (Å²) in [6.45, 7) is 2.10. The summed E-state index contributed by atoms with van der Waals surface area (Å²) in [6, 6.07) is 17.3. The van der Waals surface area contributed by atoms with Crippen LogP contribution in [0.4, 0.5) is 10.5 Å². The first-order valence-electron chi connectivity index (χ1n) is 10.2. The lowest BCUT2D eigenvalue weighted by Gasteiger charge is -2.24. The van der Waals surface area contributed by atoms with E-state index in [-0.39, 0.29) is 33.7 Å². The number of ether oxygens (including phenoxy) is 4. The molecule has 34 heavy (non-hydrogen) atoms. The Balaban J connectivity index is 2.09. The molecule has 0 heterocycles. The first kappa shape index (κ1) is 25.2. The Bertz CT molecular complexity index is 1230. The van der Waals surface area contributed by atoms with Gasteiger partial charge in [-0.05, 0) is 36.8 Å². The van der Waals surface area contributed by atoms with Crippen molar-refractivity contribution in [3.8, 4) is 17.2 Å². The number of nitrogens with zero attached hydrogens (tertiary/aromatic N) is 1. The molecule has 0 aliphatic rings. The Morgan fingerprint density at radius 1 is 0.941 bits per heavy atom. The quantitative estimate of drug-likeness (QED) is 0.390. The van der Waals surface area contributed by atoms with Crippen molar-refractivity contribution in [2.24, 2.45) is 0 Å². The third-order valence-electron chi connectivity index (χ3n) is 4.72. The molecule has 0 saturated carbocycles. The van der Waals surface area contributed by atoms with Crippen LogP contribution in [0.25, 0.3) is 0 Å². The molecule has 3 rings (SSSR count). The first-order chi connectivity index (χ1) is 16.3. The molecule has 0 unspecified atom stereocenters. The van der Waals surface area contributed by atoms with E-state index in [1.807, 2.05) is 13.0 Å². The highest BCUT2D eigenvalue weighted by molar-refractivity contribution is 7.93. The molecule has 0 aliphatic heterocycles. The van der Waals surface area contributed by atoms with Gasteiger partial charge in [-0.3, -0.25) is 0 Å². The van der Waals surface area contributed by atoms with Gasteiger partial charge in [0.05, 0.1) is 30.7 Å². The number of carbonyl (C=O) groups is 1. The van der Waals surface area contributed by atoms with Gasteiger partial charge in [0.1, 0.15) is 29.5 Å². The number of carbonyl (C=O) groups excluding carboxylic acids is 1. The molecule has 3 aromatic carbocycles. The van der Waals surface area contributed by atoms with E-state index >= 15 is 0 Å². The maximum atomic E-state index is 13.7. The van der Waals surface area contributed by atoms with Crippen LogP contribution in [0.3, 0.4) is 0 Å². The lowest BCUT2D eigenvalue weighted by molar-refractivity contribution is 0.151. The second-order valence-electron chi connectivity index (χ2n) is 6.87. The van der Waals surface area contributed by atoms with E-state index in [4.69, 9.17) is 30.5 Å². The van der Waals surface area contributed by atoms with Crippen molar-refractivity contribution >= 4 is 33.4 Å². The fraction of sp³-hybridized carbons (Fsp3) is 0.208. The Hall–Kier alpha value is -3.43. The second-order valence-corrected chi connectivity index (χ2v) is 9.07. The summed E-state index contributed by atoms with van der Waals surface area (Å²) in [4.78, 5) is 13.1. The van der Waals surface area contributed by atoms with Crippen LogP contribution in [-0.4, -0.2) is 35.3 Å². The predicted molar refractivity (Wildman–Crippen MR) is 128 cm³/mol. The van der Waals surface area contributed by atoms with Crippen molar-refractivity contribution in [2.75, 3.05) is 25.1 Å². The molecule has 3 aromatic rings. The lowest BCUT2D eigenvalue weighted by Crippen LogP contribution is -2.37.